The number of carboxylic acid groups (broad SMARTS) is 1. The van der Waals surface area contributed by atoms with Crippen LogP contribution in [-0.2, 0) is 33.5 Å². The van der Waals surface area contributed by atoms with E-state index in [1.165, 1.54) is 0 Å². The number of amides is 3. The van der Waals surface area contributed by atoms with Gasteiger partial charge in [-0.15, -0.1) is 0 Å². The number of halogens is 4. The predicted molar refractivity (Wildman–Crippen MR) is 257 cm³/mol. The molecule has 0 atom stereocenters. The Morgan fingerprint density at radius 2 is 0.971 bits per heavy atom. The van der Waals surface area contributed by atoms with Gasteiger partial charge in [0.25, 0.3) is 11.8 Å². The first-order valence-electron chi connectivity index (χ1n) is 25.3. The van der Waals surface area contributed by atoms with Gasteiger partial charge in [-0.2, -0.15) is 0 Å². The van der Waals surface area contributed by atoms with Gasteiger partial charge in [-0.3, -0.25) is 19.2 Å². The number of carbonyl (C=O) groups is 4. The van der Waals surface area contributed by atoms with Gasteiger partial charge in [0, 0.05) is 98.9 Å². The molecule has 3 saturated carbocycles. The zero-order valence-corrected chi connectivity index (χ0v) is 41.3. The molecule has 4 aromatic rings. The van der Waals surface area contributed by atoms with E-state index in [0.717, 1.165) is 46.6 Å². The van der Waals surface area contributed by atoms with Crippen LogP contribution >= 0.6 is 0 Å². The molecule has 0 spiro atoms. The van der Waals surface area contributed by atoms with E-state index in [9.17, 15) is 41.8 Å². The second kappa shape index (κ2) is 19.6. The minimum atomic E-state index is -2.55. The summed E-state index contributed by atoms with van der Waals surface area (Å²) in [7, 11) is 0. The summed E-state index contributed by atoms with van der Waals surface area (Å²) >= 11 is 0. The summed E-state index contributed by atoms with van der Waals surface area (Å²) in [5.74, 6) is -4.10. The first-order valence-corrected chi connectivity index (χ1v) is 25.3. The third-order valence-corrected chi connectivity index (χ3v) is 15.1. The van der Waals surface area contributed by atoms with E-state index in [4.69, 9.17) is 9.97 Å². The number of fused-ring (bicyclic) bond motifs is 2. The highest BCUT2D eigenvalue weighted by Crippen LogP contribution is 2.40. The molecule has 2 N–H and O–H groups in total. The van der Waals surface area contributed by atoms with Gasteiger partial charge in [0.15, 0.2) is 0 Å². The standard InChI is InChI=1S/C28H38F2N4O2.C25H33F2N3O3/c1-27(2,3)26-32-22-16-20(4-7-23(22)34(26)17-18-8-12-28(29,30)13-9-18)25(36)33-14-10-19(11-15-33)24(35)31-21-5-6-21;1-24(2,3)23-28-19-14-18(21(31)29-12-8-17(9-13-29)22(32)33)4-5-20(19)30(23)15-16-6-10-25(26,27)11-7-16/h4,7,16,18-19,21H,5-6,8-15,17H2,1-3H3,(H,31,35);4-5,14,16-17H,6-13,15H2,1-3H3,(H,32,33). The molecule has 0 unspecified atom stereocenters. The molecule has 5 aliphatic rings. The van der Waals surface area contributed by atoms with Crippen LogP contribution in [0.2, 0.25) is 0 Å². The Kier molecular flexibility index (Phi) is 14.3. The molecule has 5 fully saturated rings. The maximum absolute atomic E-state index is 13.7. The van der Waals surface area contributed by atoms with Gasteiger partial charge in [0.2, 0.25) is 17.8 Å². The molecule has 0 bridgehead atoms. The van der Waals surface area contributed by atoms with Crippen LogP contribution in [0.5, 0.6) is 0 Å². The Labute approximate surface area is 403 Å². The fourth-order valence-electron chi connectivity index (χ4n) is 10.7. The van der Waals surface area contributed by atoms with Gasteiger partial charge in [-0.25, -0.2) is 27.5 Å². The lowest BCUT2D eigenvalue weighted by Gasteiger charge is -2.31. The van der Waals surface area contributed by atoms with E-state index in [1.54, 1.807) is 11.0 Å². The number of carbonyl (C=O) groups excluding carboxylic acids is 3. The maximum Gasteiger partial charge on any atom is 0.306 e. The molecule has 12 nitrogen and oxygen atoms in total. The van der Waals surface area contributed by atoms with Crippen LogP contribution in [0.25, 0.3) is 22.1 Å². The zero-order chi connectivity index (χ0) is 49.6. The number of rotatable bonds is 9. The minimum Gasteiger partial charge on any atom is -0.481 e. The van der Waals surface area contributed by atoms with Crippen LogP contribution in [-0.4, -0.2) is 102 Å². The smallest absolute Gasteiger partial charge is 0.306 e. The molecule has 2 saturated heterocycles. The average Bonchev–Trinajstić information content (AvgIpc) is 3.93. The molecule has 2 aromatic heterocycles. The van der Waals surface area contributed by atoms with E-state index in [2.05, 4.69) is 56.0 Å². The highest BCUT2D eigenvalue weighted by atomic mass is 19.3. The average molecular weight is 962 g/mol. The van der Waals surface area contributed by atoms with Crippen LogP contribution in [0.3, 0.4) is 0 Å². The first-order chi connectivity index (χ1) is 32.4. The zero-order valence-electron chi connectivity index (χ0n) is 41.3. The van der Waals surface area contributed by atoms with E-state index < -0.39 is 17.8 Å². The number of imidazole rings is 2. The van der Waals surface area contributed by atoms with E-state index >= 15 is 0 Å². The molecular formula is C53H71F4N7O5. The van der Waals surface area contributed by atoms with Gasteiger partial charge in [0.05, 0.1) is 28.0 Å². The summed E-state index contributed by atoms with van der Waals surface area (Å²) in [5, 5.41) is 12.3. The minimum absolute atomic E-state index is 0.0121. The van der Waals surface area contributed by atoms with Crippen molar-refractivity contribution in [2.75, 3.05) is 26.2 Å². The van der Waals surface area contributed by atoms with Crippen molar-refractivity contribution in [1.82, 2.24) is 34.2 Å². The van der Waals surface area contributed by atoms with Crippen molar-refractivity contribution in [2.45, 2.75) is 173 Å². The van der Waals surface area contributed by atoms with Gasteiger partial charge in [-0.1, -0.05) is 41.5 Å². The molecule has 376 valence electrons. The molecule has 16 heteroatoms. The Morgan fingerprint density at radius 3 is 1.32 bits per heavy atom. The van der Waals surface area contributed by atoms with Crippen LogP contribution in [0.1, 0.15) is 164 Å². The lowest BCUT2D eigenvalue weighted by atomic mass is 9.86. The monoisotopic (exact) mass is 962 g/mol. The van der Waals surface area contributed by atoms with Crippen LogP contribution < -0.4 is 5.32 Å². The highest BCUT2D eigenvalue weighted by Gasteiger charge is 2.38. The molecule has 3 amide bonds. The van der Waals surface area contributed by atoms with E-state index in [-0.39, 0.29) is 77.9 Å². The Balaban J connectivity index is 0.000000187. The molecular weight excluding hydrogens is 891 g/mol. The summed E-state index contributed by atoms with van der Waals surface area (Å²) in [6, 6.07) is 11.6. The van der Waals surface area contributed by atoms with Crippen molar-refractivity contribution in [1.29, 1.82) is 0 Å². The predicted octanol–water partition coefficient (Wildman–Crippen LogP) is 10.4. The molecule has 2 aromatic carbocycles. The first kappa shape index (κ1) is 50.4. The molecule has 4 heterocycles. The SMILES string of the molecule is CC(C)(C)c1nc2cc(C(=O)N3CCC(C(=O)NC4CC4)CC3)ccc2n1CC1CCC(F)(F)CC1.CC(C)(C)c1nc2cc(C(=O)N3CCC(C(=O)O)CC3)ccc2n1CC1CCC(F)(F)CC1. The Bertz CT molecular complexity index is 2520. The summed E-state index contributed by atoms with van der Waals surface area (Å²) in [4.78, 5) is 63.3. The number of nitrogens with zero attached hydrogens (tertiary/aromatic N) is 6. The summed E-state index contributed by atoms with van der Waals surface area (Å²) in [5.41, 5.74) is 4.05. The summed E-state index contributed by atoms with van der Waals surface area (Å²) < 4.78 is 59.0. The van der Waals surface area contributed by atoms with E-state index in [1.807, 2.05) is 35.2 Å². The van der Waals surface area contributed by atoms with Crippen molar-refractivity contribution in [3.63, 3.8) is 0 Å². The number of benzene rings is 2. The van der Waals surface area contributed by atoms with Gasteiger partial charge in [-0.05, 0) is 112 Å². The second-order valence-electron chi connectivity index (χ2n) is 22.9. The fourth-order valence-corrected chi connectivity index (χ4v) is 10.7. The highest BCUT2D eigenvalue weighted by molar-refractivity contribution is 5.98. The number of alkyl halides is 4. The van der Waals surface area contributed by atoms with Crippen LogP contribution in [0.15, 0.2) is 36.4 Å². The van der Waals surface area contributed by atoms with Crippen LogP contribution in [0.4, 0.5) is 17.6 Å². The number of nitrogens with one attached hydrogen (secondary N) is 1. The third kappa shape index (κ3) is 12.0. The molecule has 2 aliphatic heterocycles. The number of hydrogen-bond donors (Lipinski definition) is 2. The van der Waals surface area contributed by atoms with Crippen molar-refractivity contribution in [2.24, 2.45) is 23.7 Å². The molecule has 0 radical (unpaired) electrons. The normalized spacial score (nSPS) is 21.0. The van der Waals surface area contributed by atoms with Gasteiger partial charge < -0.3 is 29.4 Å². The number of piperidine rings is 2. The Hall–Kier alpha value is -5.02. The van der Waals surface area contributed by atoms with Crippen molar-refractivity contribution in [3.8, 4) is 0 Å². The maximum atomic E-state index is 13.7. The topological polar surface area (TPSA) is 143 Å². The second-order valence-corrected chi connectivity index (χ2v) is 22.9. The Morgan fingerprint density at radius 1 is 0.594 bits per heavy atom. The quantitative estimate of drug-likeness (QED) is 0.159. The lowest BCUT2D eigenvalue weighted by Crippen LogP contribution is -2.43. The number of likely N-dealkylation sites (tertiary alicyclic amines) is 2. The van der Waals surface area contributed by atoms with Crippen LogP contribution in [0, 0.1) is 23.7 Å². The molecule has 9 rings (SSSR count). The number of aromatic nitrogens is 4. The van der Waals surface area contributed by atoms with Crippen molar-refractivity contribution < 1.29 is 41.8 Å². The summed E-state index contributed by atoms with van der Waals surface area (Å²) in [6.07, 6.45) is 6.27. The fraction of sp³-hybridized carbons (Fsp3) is 0.660. The van der Waals surface area contributed by atoms with Crippen molar-refractivity contribution >= 4 is 45.8 Å². The molecule has 3 aliphatic carbocycles. The number of hydrogen-bond acceptors (Lipinski definition) is 6. The molecule has 69 heavy (non-hydrogen) atoms. The number of carboxylic acids is 1. The van der Waals surface area contributed by atoms with E-state index in [0.29, 0.717) is 108 Å². The largest absolute Gasteiger partial charge is 0.481 e. The lowest BCUT2D eigenvalue weighted by molar-refractivity contribution is -0.143. The van der Waals surface area contributed by atoms with Gasteiger partial charge >= 0.3 is 5.97 Å². The number of aliphatic carboxylic acids is 1. The van der Waals surface area contributed by atoms with Crippen molar-refractivity contribution in [3.05, 3.63) is 59.2 Å². The van der Waals surface area contributed by atoms with Gasteiger partial charge in [0.1, 0.15) is 11.6 Å². The third-order valence-electron chi connectivity index (χ3n) is 15.1. The summed E-state index contributed by atoms with van der Waals surface area (Å²) in [6.45, 7) is 15.9.